The third-order valence-electron chi connectivity index (χ3n) is 4.73. The van der Waals surface area contributed by atoms with Gasteiger partial charge in [-0.25, -0.2) is 0 Å². The number of carbonyl (C=O) groups excluding carboxylic acids is 2. The Balaban J connectivity index is 1.47. The number of nitrogens with one attached hydrogen (secondary N) is 2. The predicted octanol–water partition coefficient (Wildman–Crippen LogP) is 4.13. The fourth-order valence-electron chi connectivity index (χ4n) is 3.17. The van der Waals surface area contributed by atoms with Crippen LogP contribution in [0.15, 0.2) is 48.5 Å². The van der Waals surface area contributed by atoms with Gasteiger partial charge >= 0.3 is 0 Å². The molecule has 1 aliphatic carbocycles. The van der Waals surface area contributed by atoms with E-state index in [1.165, 1.54) is 0 Å². The first-order valence-corrected chi connectivity index (χ1v) is 9.34. The molecule has 1 aromatic heterocycles. The molecular formula is C21H20ClN3O2. The number of nitrogens with zero attached hydrogens (tertiary/aromatic N) is 1. The van der Waals surface area contributed by atoms with Gasteiger partial charge in [-0.15, -0.1) is 0 Å². The number of halogens is 1. The number of benzene rings is 2. The van der Waals surface area contributed by atoms with Gasteiger partial charge in [-0.05, 0) is 55.5 Å². The number of amides is 2. The van der Waals surface area contributed by atoms with Crippen LogP contribution in [0.5, 0.6) is 0 Å². The van der Waals surface area contributed by atoms with Gasteiger partial charge in [0.15, 0.2) is 0 Å². The van der Waals surface area contributed by atoms with Crippen molar-refractivity contribution in [1.82, 2.24) is 9.88 Å². The maximum absolute atomic E-state index is 12.5. The van der Waals surface area contributed by atoms with E-state index in [1.807, 2.05) is 35.8 Å². The summed E-state index contributed by atoms with van der Waals surface area (Å²) < 4.78 is 1.98. The zero-order valence-corrected chi connectivity index (χ0v) is 15.7. The van der Waals surface area contributed by atoms with Crippen molar-refractivity contribution in [2.75, 3.05) is 5.32 Å². The molecule has 4 rings (SSSR count). The molecule has 3 aromatic rings. The Kier molecular flexibility index (Phi) is 4.62. The maximum atomic E-state index is 12.5. The number of carbonyl (C=O) groups is 2. The molecule has 2 aromatic carbocycles. The van der Waals surface area contributed by atoms with Crippen LogP contribution in [0, 0.1) is 6.92 Å². The molecular weight excluding hydrogens is 362 g/mol. The maximum Gasteiger partial charge on any atom is 0.253 e. The van der Waals surface area contributed by atoms with Gasteiger partial charge in [0, 0.05) is 22.9 Å². The van der Waals surface area contributed by atoms with Gasteiger partial charge in [-0.3, -0.25) is 9.59 Å². The summed E-state index contributed by atoms with van der Waals surface area (Å²) >= 11 is 6.24. The first-order valence-electron chi connectivity index (χ1n) is 8.96. The number of hydrogen-bond acceptors (Lipinski definition) is 2. The molecule has 27 heavy (non-hydrogen) atoms. The summed E-state index contributed by atoms with van der Waals surface area (Å²) in [5.41, 5.74) is 3.04. The summed E-state index contributed by atoms with van der Waals surface area (Å²) in [4.78, 5) is 24.6. The molecule has 138 valence electrons. The highest BCUT2D eigenvalue weighted by Crippen LogP contribution is 2.24. The van der Waals surface area contributed by atoms with Crippen LogP contribution < -0.4 is 10.6 Å². The van der Waals surface area contributed by atoms with Crippen molar-refractivity contribution in [3.8, 4) is 0 Å². The third-order valence-corrected chi connectivity index (χ3v) is 5.04. The molecule has 0 atom stereocenters. The van der Waals surface area contributed by atoms with E-state index in [1.54, 1.807) is 18.2 Å². The Morgan fingerprint density at radius 3 is 2.67 bits per heavy atom. The summed E-state index contributed by atoms with van der Waals surface area (Å²) in [5.74, 6) is -0.319. The fraction of sp³-hybridized carbons (Fsp3) is 0.238. The third kappa shape index (κ3) is 3.83. The summed E-state index contributed by atoms with van der Waals surface area (Å²) in [6.07, 6.45) is 2.04. The lowest BCUT2D eigenvalue weighted by molar-refractivity contribution is -0.116. The van der Waals surface area contributed by atoms with E-state index < -0.39 is 0 Å². The highest BCUT2D eigenvalue weighted by atomic mass is 35.5. The first-order chi connectivity index (χ1) is 13.0. The SMILES string of the molecule is Cc1cc2ccccc2n1CC(=O)Nc1ccc(C(=O)NC2CC2)c(Cl)c1. The van der Waals surface area contributed by atoms with E-state index in [0.29, 0.717) is 16.3 Å². The second-order valence-corrected chi connectivity index (χ2v) is 7.33. The molecule has 0 radical (unpaired) electrons. The van der Waals surface area contributed by atoms with Crippen LogP contribution >= 0.6 is 11.6 Å². The number of rotatable bonds is 5. The van der Waals surface area contributed by atoms with Crippen LogP contribution in [-0.2, 0) is 11.3 Å². The van der Waals surface area contributed by atoms with Gasteiger partial charge in [-0.1, -0.05) is 29.8 Å². The van der Waals surface area contributed by atoms with Gasteiger partial charge in [0.05, 0.1) is 10.6 Å². The normalized spacial score (nSPS) is 13.6. The van der Waals surface area contributed by atoms with E-state index in [0.717, 1.165) is 29.4 Å². The minimum atomic E-state index is -0.171. The zero-order chi connectivity index (χ0) is 19.0. The Labute approximate surface area is 162 Å². The van der Waals surface area contributed by atoms with E-state index in [-0.39, 0.29) is 24.4 Å². The minimum Gasteiger partial charge on any atom is -0.349 e. The molecule has 5 nitrogen and oxygen atoms in total. The topological polar surface area (TPSA) is 63.1 Å². The van der Waals surface area contributed by atoms with Gasteiger partial charge in [-0.2, -0.15) is 0 Å². The Bertz CT molecular complexity index is 1040. The van der Waals surface area contributed by atoms with Gasteiger partial charge in [0.2, 0.25) is 5.91 Å². The molecule has 1 fully saturated rings. The first kappa shape index (κ1) is 17.6. The van der Waals surface area contributed by atoms with Crippen molar-refractivity contribution in [2.45, 2.75) is 32.4 Å². The molecule has 1 aliphatic rings. The van der Waals surface area contributed by atoms with E-state index in [4.69, 9.17) is 11.6 Å². The highest BCUT2D eigenvalue weighted by Gasteiger charge is 2.24. The lowest BCUT2D eigenvalue weighted by Gasteiger charge is -2.11. The van der Waals surface area contributed by atoms with Crippen molar-refractivity contribution in [3.63, 3.8) is 0 Å². The van der Waals surface area contributed by atoms with Gasteiger partial charge in [0.1, 0.15) is 6.54 Å². The number of para-hydroxylation sites is 1. The number of aromatic nitrogens is 1. The van der Waals surface area contributed by atoms with Crippen LogP contribution in [-0.4, -0.2) is 22.4 Å². The molecule has 0 bridgehead atoms. The van der Waals surface area contributed by atoms with Crippen molar-refractivity contribution in [1.29, 1.82) is 0 Å². The second-order valence-electron chi connectivity index (χ2n) is 6.92. The number of aryl methyl sites for hydroxylation is 1. The smallest absolute Gasteiger partial charge is 0.253 e. The van der Waals surface area contributed by atoms with Gasteiger partial charge < -0.3 is 15.2 Å². The Morgan fingerprint density at radius 1 is 1.15 bits per heavy atom. The molecule has 0 saturated heterocycles. The van der Waals surface area contributed by atoms with E-state index in [2.05, 4.69) is 16.7 Å². The van der Waals surface area contributed by atoms with Crippen LogP contribution in [0.2, 0.25) is 5.02 Å². The molecule has 1 saturated carbocycles. The number of fused-ring (bicyclic) bond motifs is 1. The monoisotopic (exact) mass is 381 g/mol. The van der Waals surface area contributed by atoms with Crippen molar-refractivity contribution in [3.05, 3.63) is 64.8 Å². The largest absolute Gasteiger partial charge is 0.349 e. The summed E-state index contributed by atoms with van der Waals surface area (Å²) in [7, 11) is 0. The van der Waals surface area contributed by atoms with E-state index >= 15 is 0 Å². The molecule has 1 heterocycles. The average molecular weight is 382 g/mol. The van der Waals surface area contributed by atoms with Crippen LogP contribution in [0.25, 0.3) is 10.9 Å². The van der Waals surface area contributed by atoms with Crippen molar-refractivity contribution >= 4 is 40.0 Å². The van der Waals surface area contributed by atoms with Crippen molar-refractivity contribution in [2.24, 2.45) is 0 Å². The number of hydrogen-bond donors (Lipinski definition) is 2. The fourth-order valence-corrected chi connectivity index (χ4v) is 3.44. The van der Waals surface area contributed by atoms with Crippen LogP contribution in [0.4, 0.5) is 5.69 Å². The zero-order valence-electron chi connectivity index (χ0n) is 15.0. The molecule has 0 aliphatic heterocycles. The summed E-state index contributed by atoms with van der Waals surface area (Å²) in [5, 5.41) is 7.20. The number of anilines is 1. The molecule has 0 spiro atoms. The molecule has 2 amide bonds. The summed E-state index contributed by atoms with van der Waals surface area (Å²) in [6, 6.07) is 15.3. The van der Waals surface area contributed by atoms with Crippen LogP contribution in [0.3, 0.4) is 0 Å². The second kappa shape index (κ2) is 7.08. The lowest BCUT2D eigenvalue weighted by Crippen LogP contribution is -2.25. The highest BCUT2D eigenvalue weighted by molar-refractivity contribution is 6.34. The quantitative estimate of drug-likeness (QED) is 0.697. The lowest BCUT2D eigenvalue weighted by atomic mass is 10.2. The molecule has 6 heteroatoms. The molecule has 2 N–H and O–H groups in total. The van der Waals surface area contributed by atoms with Crippen LogP contribution in [0.1, 0.15) is 28.9 Å². The Morgan fingerprint density at radius 2 is 1.93 bits per heavy atom. The Hall–Kier alpha value is -2.79. The average Bonchev–Trinajstić information content (AvgIpc) is 3.38. The van der Waals surface area contributed by atoms with E-state index in [9.17, 15) is 9.59 Å². The molecule has 0 unspecified atom stereocenters. The van der Waals surface area contributed by atoms with Gasteiger partial charge in [0.25, 0.3) is 5.91 Å². The van der Waals surface area contributed by atoms with Crippen molar-refractivity contribution < 1.29 is 9.59 Å². The predicted molar refractivity (Wildman–Crippen MR) is 107 cm³/mol. The standard InChI is InChI=1S/C21H20ClN3O2/c1-13-10-14-4-2-3-5-19(14)25(13)12-20(26)23-16-8-9-17(18(22)11-16)21(27)24-15-6-7-15/h2-5,8-11,15H,6-7,12H2,1H3,(H,23,26)(H,24,27). The summed E-state index contributed by atoms with van der Waals surface area (Å²) in [6.45, 7) is 2.19. The minimum absolute atomic E-state index is 0.147.